The van der Waals surface area contributed by atoms with Gasteiger partial charge in [0, 0.05) is 24.8 Å². The number of aromatic nitrogens is 3. The Morgan fingerprint density at radius 3 is 2.80 bits per heavy atom. The molecule has 0 amide bonds. The van der Waals surface area contributed by atoms with Crippen LogP contribution < -0.4 is 4.73 Å². The molecule has 2 rings (SSSR count). The van der Waals surface area contributed by atoms with Gasteiger partial charge in [0.15, 0.2) is 11.9 Å². The van der Waals surface area contributed by atoms with Crippen LogP contribution in [-0.2, 0) is 6.54 Å². The van der Waals surface area contributed by atoms with Crippen LogP contribution in [0.5, 0.6) is 0 Å². The molecule has 4 heteroatoms. The van der Waals surface area contributed by atoms with Gasteiger partial charge in [-0.15, -0.1) is 0 Å². The van der Waals surface area contributed by atoms with Gasteiger partial charge in [0.1, 0.15) is 0 Å². The van der Waals surface area contributed by atoms with Crippen LogP contribution in [0.15, 0.2) is 30.7 Å². The lowest BCUT2D eigenvalue weighted by Gasteiger charge is -2.03. The first-order chi connectivity index (χ1) is 7.15. The summed E-state index contributed by atoms with van der Waals surface area (Å²) in [5.74, 6) is 0. The zero-order chi connectivity index (χ0) is 10.8. The second-order valence-electron chi connectivity index (χ2n) is 3.72. The van der Waals surface area contributed by atoms with Crippen molar-refractivity contribution in [2.75, 3.05) is 0 Å². The van der Waals surface area contributed by atoms with Crippen molar-refractivity contribution >= 4 is 0 Å². The van der Waals surface area contributed by atoms with Gasteiger partial charge in [-0.1, -0.05) is 0 Å². The molecule has 0 fully saturated rings. The topological polar surface area (TPSA) is 44.8 Å². The van der Waals surface area contributed by atoms with Crippen molar-refractivity contribution in [3.8, 4) is 0 Å². The molecule has 0 radical (unpaired) electrons. The fourth-order valence-electron chi connectivity index (χ4n) is 1.43. The summed E-state index contributed by atoms with van der Waals surface area (Å²) in [5, 5.41) is 15.5. The van der Waals surface area contributed by atoms with Gasteiger partial charge in [-0.25, -0.2) is 0 Å². The molecule has 0 aliphatic heterocycles. The highest BCUT2D eigenvalue weighted by atomic mass is 16.5. The summed E-state index contributed by atoms with van der Waals surface area (Å²) in [4.78, 5) is 0. The van der Waals surface area contributed by atoms with E-state index in [1.165, 1.54) is 0 Å². The van der Waals surface area contributed by atoms with Gasteiger partial charge in [0.05, 0.1) is 12.7 Å². The van der Waals surface area contributed by atoms with E-state index in [0.717, 1.165) is 15.9 Å². The number of rotatable bonds is 2. The molecule has 0 unspecified atom stereocenters. The minimum atomic E-state index is 0.635. The fraction of sp³-hybridized carbons (Fsp3) is 0.273. The number of hydrogen-bond donors (Lipinski definition) is 0. The maximum Gasteiger partial charge on any atom is 0.189 e. The molecule has 0 spiro atoms. The molecule has 0 atom stereocenters. The first-order valence-corrected chi connectivity index (χ1v) is 4.83. The zero-order valence-corrected chi connectivity index (χ0v) is 8.84. The molecule has 0 saturated heterocycles. The number of pyridine rings is 1. The summed E-state index contributed by atoms with van der Waals surface area (Å²) in [7, 11) is 0. The average Bonchev–Trinajstić information content (AvgIpc) is 2.58. The molecular formula is C11H13N3O. The van der Waals surface area contributed by atoms with Gasteiger partial charge in [-0.05, 0) is 18.6 Å². The highest BCUT2D eigenvalue weighted by Crippen LogP contribution is 2.02. The minimum Gasteiger partial charge on any atom is -0.619 e. The largest absolute Gasteiger partial charge is 0.619 e. The molecule has 0 saturated carbocycles. The van der Waals surface area contributed by atoms with Crippen LogP contribution in [0.2, 0.25) is 0 Å². The Hall–Kier alpha value is -1.84. The Bertz CT molecular complexity index is 476. The van der Waals surface area contributed by atoms with Gasteiger partial charge < -0.3 is 5.21 Å². The van der Waals surface area contributed by atoms with Crippen molar-refractivity contribution < 1.29 is 4.73 Å². The molecule has 4 nitrogen and oxygen atoms in total. The molecule has 0 aromatic carbocycles. The highest BCUT2D eigenvalue weighted by Gasteiger charge is 2.02. The molecule has 78 valence electrons. The zero-order valence-electron chi connectivity index (χ0n) is 8.84. The monoisotopic (exact) mass is 203 g/mol. The highest BCUT2D eigenvalue weighted by molar-refractivity contribution is 5.10. The van der Waals surface area contributed by atoms with E-state index >= 15 is 0 Å². The van der Waals surface area contributed by atoms with Crippen molar-refractivity contribution in [1.82, 2.24) is 9.78 Å². The molecular weight excluding hydrogens is 190 g/mol. The molecule has 15 heavy (non-hydrogen) atoms. The van der Waals surface area contributed by atoms with Gasteiger partial charge in [0.2, 0.25) is 0 Å². The van der Waals surface area contributed by atoms with Gasteiger partial charge in [0.25, 0.3) is 0 Å². The van der Waals surface area contributed by atoms with Gasteiger partial charge >= 0.3 is 0 Å². The predicted octanol–water partition coefficient (Wildman–Crippen LogP) is 1.18. The Labute approximate surface area is 88.4 Å². The second-order valence-corrected chi connectivity index (χ2v) is 3.72. The molecule has 2 heterocycles. The van der Waals surface area contributed by atoms with Crippen LogP contribution in [-0.4, -0.2) is 9.78 Å². The summed E-state index contributed by atoms with van der Waals surface area (Å²) < 4.78 is 2.70. The van der Waals surface area contributed by atoms with Crippen LogP contribution in [0.25, 0.3) is 0 Å². The molecule has 0 N–H and O–H groups in total. The Kier molecular flexibility index (Phi) is 2.41. The smallest absolute Gasteiger partial charge is 0.189 e. The Morgan fingerprint density at radius 2 is 2.20 bits per heavy atom. The SMILES string of the molecule is Cc1cnn(Cc2ccc(C)[n+]([O-])c2)c1. The lowest BCUT2D eigenvalue weighted by Crippen LogP contribution is -2.30. The molecule has 2 aromatic rings. The number of hydrogen-bond acceptors (Lipinski definition) is 2. The molecule has 0 bridgehead atoms. The molecule has 0 aliphatic carbocycles. The fourth-order valence-corrected chi connectivity index (χ4v) is 1.43. The van der Waals surface area contributed by atoms with Crippen molar-refractivity contribution in [2.24, 2.45) is 0 Å². The predicted molar refractivity (Wildman–Crippen MR) is 56.2 cm³/mol. The summed E-state index contributed by atoms with van der Waals surface area (Å²) in [5.41, 5.74) is 2.78. The van der Waals surface area contributed by atoms with Gasteiger partial charge in [-0.2, -0.15) is 9.83 Å². The molecule has 2 aromatic heterocycles. The van der Waals surface area contributed by atoms with Crippen molar-refractivity contribution in [3.63, 3.8) is 0 Å². The Balaban J connectivity index is 2.21. The summed E-state index contributed by atoms with van der Waals surface area (Å²) in [6, 6.07) is 3.76. The van der Waals surface area contributed by atoms with E-state index in [2.05, 4.69) is 5.10 Å². The van der Waals surface area contributed by atoms with E-state index in [1.807, 2.05) is 29.9 Å². The van der Waals surface area contributed by atoms with E-state index in [0.29, 0.717) is 12.2 Å². The standard InChI is InChI=1S/C11H13N3O/c1-9-5-12-13(6-9)7-11-4-3-10(2)14(15)8-11/h3-6,8H,7H2,1-2H3. The first-order valence-electron chi connectivity index (χ1n) is 4.83. The third-order valence-corrected chi connectivity index (χ3v) is 2.28. The van der Waals surface area contributed by atoms with E-state index < -0.39 is 0 Å². The molecule has 0 aliphatic rings. The first kappa shape index (κ1) is 9.71. The van der Waals surface area contributed by atoms with Crippen LogP contribution in [0.3, 0.4) is 0 Å². The lowest BCUT2D eigenvalue weighted by molar-refractivity contribution is -0.612. The summed E-state index contributed by atoms with van der Waals surface area (Å²) >= 11 is 0. The van der Waals surface area contributed by atoms with Crippen molar-refractivity contribution in [1.29, 1.82) is 0 Å². The second kappa shape index (κ2) is 3.73. The van der Waals surface area contributed by atoms with Crippen molar-refractivity contribution in [3.05, 3.63) is 52.8 Å². The van der Waals surface area contributed by atoms with Crippen molar-refractivity contribution in [2.45, 2.75) is 20.4 Å². The summed E-state index contributed by atoms with van der Waals surface area (Å²) in [6.07, 6.45) is 5.35. The van der Waals surface area contributed by atoms with Crippen LogP contribution >= 0.6 is 0 Å². The lowest BCUT2D eigenvalue weighted by atomic mass is 10.2. The summed E-state index contributed by atoms with van der Waals surface area (Å²) in [6.45, 7) is 4.41. The number of nitrogens with zero attached hydrogens (tertiary/aromatic N) is 3. The number of aryl methyl sites for hydroxylation is 2. The van der Waals surface area contributed by atoms with Crippen LogP contribution in [0, 0.1) is 19.1 Å². The van der Waals surface area contributed by atoms with Crippen LogP contribution in [0.4, 0.5) is 0 Å². The Morgan fingerprint density at radius 1 is 1.40 bits per heavy atom. The quantitative estimate of drug-likeness (QED) is 0.543. The normalized spacial score (nSPS) is 10.5. The van der Waals surface area contributed by atoms with Gasteiger partial charge in [-0.3, -0.25) is 4.68 Å². The van der Waals surface area contributed by atoms with E-state index in [9.17, 15) is 5.21 Å². The van der Waals surface area contributed by atoms with E-state index in [1.54, 1.807) is 19.3 Å². The van der Waals surface area contributed by atoms with E-state index in [-0.39, 0.29) is 0 Å². The average molecular weight is 203 g/mol. The minimum absolute atomic E-state index is 0.635. The maximum atomic E-state index is 11.3. The van der Waals surface area contributed by atoms with E-state index in [4.69, 9.17) is 0 Å². The third kappa shape index (κ3) is 2.15. The van der Waals surface area contributed by atoms with Crippen LogP contribution in [0.1, 0.15) is 16.8 Å². The third-order valence-electron chi connectivity index (χ3n) is 2.28. The maximum absolute atomic E-state index is 11.3.